The summed E-state index contributed by atoms with van der Waals surface area (Å²) >= 11 is 0. The van der Waals surface area contributed by atoms with Crippen LogP contribution in [0.15, 0.2) is 24.3 Å². The zero-order valence-electron chi connectivity index (χ0n) is 11.8. The first-order chi connectivity index (χ1) is 8.36. The van der Waals surface area contributed by atoms with Crippen molar-refractivity contribution in [3.63, 3.8) is 0 Å². The Kier molecular flexibility index (Phi) is 4.91. The van der Waals surface area contributed by atoms with Crippen molar-refractivity contribution in [1.29, 1.82) is 0 Å². The summed E-state index contributed by atoms with van der Waals surface area (Å²) in [6.07, 6.45) is 0.795. The smallest absolute Gasteiger partial charge is 0.251 e. The van der Waals surface area contributed by atoms with Gasteiger partial charge in [-0.15, -0.1) is 0 Å². The molecule has 0 heterocycles. The maximum atomic E-state index is 12.2. The predicted molar refractivity (Wildman–Crippen MR) is 75.7 cm³/mol. The summed E-state index contributed by atoms with van der Waals surface area (Å²) in [7, 11) is 0. The molecule has 3 nitrogen and oxygen atoms in total. The standard InChI is InChI=1S/C15H24N2O/c1-11(9-10-16)17-14(18)12-7-5-6-8-13(12)15(2,3)4/h5-8,11H,9-10,16H2,1-4H3,(H,17,18). The van der Waals surface area contributed by atoms with Crippen molar-refractivity contribution in [2.75, 3.05) is 6.54 Å². The Labute approximate surface area is 110 Å². The highest BCUT2D eigenvalue weighted by Crippen LogP contribution is 2.25. The number of hydrogen-bond acceptors (Lipinski definition) is 2. The quantitative estimate of drug-likeness (QED) is 0.860. The average Bonchev–Trinajstić information content (AvgIpc) is 2.28. The molecule has 0 spiro atoms. The van der Waals surface area contributed by atoms with Gasteiger partial charge in [-0.3, -0.25) is 4.79 Å². The molecular weight excluding hydrogens is 224 g/mol. The van der Waals surface area contributed by atoms with Crippen molar-refractivity contribution in [2.45, 2.75) is 45.6 Å². The SMILES string of the molecule is CC(CCN)NC(=O)c1ccccc1C(C)(C)C. The average molecular weight is 248 g/mol. The summed E-state index contributed by atoms with van der Waals surface area (Å²) in [5.74, 6) is -0.0125. The second-order valence-electron chi connectivity index (χ2n) is 5.75. The summed E-state index contributed by atoms with van der Waals surface area (Å²) in [4.78, 5) is 12.2. The summed E-state index contributed by atoms with van der Waals surface area (Å²) in [6.45, 7) is 8.90. The van der Waals surface area contributed by atoms with E-state index < -0.39 is 0 Å². The van der Waals surface area contributed by atoms with Crippen molar-refractivity contribution in [3.8, 4) is 0 Å². The minimum absolute atomic E-state index is 0.0125. The van der Waals surface area contributed by atoms with E-state index in [-0.39, 0.29) is 17.4 Å². The maximum Gasteiger partial charge on any atom is 0.251 e. The summed E-state index contributed by atoms with van der Waals surface area (Å²) in [5, 5.41) is 2.99. The fraction of sp³-hybridized carbons (Fsp3) is 0.533. The van der Waals surface area contributed by atoms with Gasteiger partial charge in [0.25, 0.3) is 5.91 Å². The summed E-state index contributed by atoms with van der Waals surface area (Å²) in [6, 6.07) is 7.88. The zero-order valence-corrected chi connectivity index (χ0v) is 11.8. The Hall–Kier alpha value is -1.35. The molecule has 100 valence electrons. The van der Waals surface area contributed by atoms with Crippen molar-refractivity contribution < 1.29 is 4.79 Å². The van der Waals surface area contributed by atoms with Gasteiger partial charge in [0.15, 0.2) is 0 Å². The molecule has 0 fully saturated rings. The highest BCUT2D eigenvalue weighted by atomic mass is 16.1. The molecule has 1 unspecified atom stereocenters. The van der Waals surface area contributed by atoms with Crippen molar-refractivity contribution in [1.82, 2.24) is 5.32 Å². The fourth-order valence-electron chi connectivity index (χ4n) is 1.96. The van der Waals surface area contributed by atoms with Crippen LogP contribution in [0.25, 0.3) is 0 Å². The number of benzene rings is 1. The Morgan fingerprint density at radius 1 is 1.33 bits per heavy atom. The minimum atomic E-state index is -0.0367. The van der Waals surface area contributed by atoms with Crippen molar-refractivity contribution in [3.05, 3.63) is 35.4 Å². The van der Waals surface area contributed by atoms with Crippen LogP contribution in [0.1, 0.15) is 50.0 Å². The number of nitrogens with one attached hydrogen (secondary N) is 1. The fourth-order valence-corrected chi connectivity index (χ4v) is 1.96. The molecule has 3 heteroatoms. The van der Waals surface area contributed by atoms with E-state index in [0.717, 1.165) is 17.5 Å². The molecule has 1 amide bonds. The Morgan fingerprint density at radius 2 is 1.94 bits per heavy atom. The van der Waals surface area contributed by atoms with Crippen molar-refractivity contribution in [2.24, 2.45) is 5.73 Å². The molecule has 0 aliphatic rings. The first kappa shape index (κ1) is 14.7. The zero-order chi connectivity index (χ0) is 13.8. The van der Waals surface area contributed by atoms with E-state index in [0.29, 0.717) is 6.54 Å². The molecular formula is C15H24N2O. The summed E-state index contributed by atoms with van der Waals surface area (Å²) < 4.78 is 0. The highest BCUT2D eigenvalue weighted by Gasteiger charge is 2.21. The monoisotopic (exact) mass is 248 g/mol. The van der Waals surface area contributed by atoms with E-state index in [1.807, 2.05) is 31.2 Å². The Bertz CT molecular complexity index is 407. The maximum absolute atomic E-state index is 12.2. The van der Waals surface area contributed by atoms with Gasteiger partial charge in [-0.1, -0.05) is 39.0 Å². The van der Waals surface area contributed by atoms with Gasteiger partial charge in [-0.05, 0) is 36.9 Å². The first-order valence-corrected chi connectivity index (χ1v) is 6.46. The molecule has 1 rings (SSSR count). The lowest BCUT2D eigenvalue weighted by Crippen LogP contribution is -2.35. The molecule has 0 radical (unpaired) electrons. The molecule has 0 bridgehead atoms. The molecule has 0 aliphatic carbocycles. The first-order valence-electron chi connectivity index (χ1n) is 6.46. The predicted octanol–water partition coefficient (Wildman–Crippen LogP) is 2.45. The molecule has 1 aromatic carbocycles. The van der Waals surface area contributed by atoms with Gasteiger partial charge >= 0.3 is 0 Å². The van der Waals surface area contributed by atoms with Gasteiger partial charge < -0.3 is 11.1 Å². The minimum Gasteiger partial charge on any atom is -0.350 e. The van der Waals surface area contributed by atoms with Gasteiger partial charge in [0, 0.05) is 11.6 Å². The van der Waals surface area contributed by atoms with Gasteiger partial charge in [0.1, 0.15) is 0 Å². The van der Waals surface area contributed by atoms with Crippen LogP contribution in [-0.4, -0.2) is 18.5 Å². The molecule has 1 aromatic rings. The van der Waals surface area contributed by atoms with Crippen LogP contribution >= 0.6 is 0 Å². The second-order valence-corrected chi connectivity index (χ2v) is 5.75. The number of carbonyl (C=O) groups is 1. The number of rotatable bonds is 4. The van der Waals surface area contributed by atoms with E-state index in [1.165, 1.54) is 0 Å². The van der Waals surface area contributed by atoms with Crippen LogP contribution in [0.4, 0.5) is 0 Å². The van der Waals surface area contributed by atoms with Crippen LogP contribution in [0, 0.1) is 0 Å². The summed E-state index contributed by atoms with van der Waals surface area (Å²) in [5.41, 5.74) is 7.28. The largest absolute Gasteiger partial charge is 0.350 e. The van der Waals surface area contributed by atoms with E-state index in [9.17, 15) is 4.79 Å². The molecule has 1 atom stereocenters. The van der Waals surface area contributed by atoms with Crippen LogP contribution in [0.5, 0.6) is 0 Å². The van der Waals surface area contributed by atoms with Crippen molar-refractivity contribution >= 4 is 5.91 Å². The van der Waals surface area contributed by atoms with Crippen LogP contribution in [0.3, 0.4) is 0 Å². The number of amides is 1. The lowest BCUT2D eigenvalue weighted by molar-refractivity contribution is 0.0936. The molecule has 0 aromatic heterocycles. The van der Waals surface area contributed by atoms with Crippen LogP contribution in [-0.2, 0) is 5.41 Å². The lowest BCUT2D eigenvalue weighted by Gasteiger charge is -2.23. The van der Waals surface area contributed by atoms with Gasteiger partial charge in [0.2, 0.25) is 0 Å². The third-order valence-corrected chi connectivity index (χ3v) is 2.96. The van der Waals surface area contributed by atoms with E-state index >= 15 is 0 Å². The molecule has 0 saturated carbocycles. The normalized spacial score (nSPS) is 13.2. The second kappa shape index (κ2) is 6.01. The third-order valence-electron chi connectivity index (χ3n) is 2.96. The highest BCUT2D eigenvalue weighted by molar-refractivity contribution is 5.96. The third kappa shape index (κ3) is 3.84. The van der Waals surface area contributed by atoms with Gasteiger partial charge in [-0.25, -0.2) is 0 Å². The number of carbonyl (C=O) groups excluding carboxylic acids is 1. The van der Waals surface area contributed by atoms with E-state index in [1.54, 1.807) is 0 Å². The Morgan fingerprint density at radius 3 is 2.50 bits per heavy atom. The topological polar surface area (TPSA) is 55.1 Å². The number of hydrogen-bond donors (Lipinski definition) is 2. The van der Waals surface area contributed by atoms with E-state index in [4.69, 9.17) is 5.73 Å². The number of nitrogens with two attached hydrogens (primary N) is 1. The molecule has 0 aliphatic heterocycles. The van der Waals surface area contributed by atoms with Gasteiger partial charge in [-0.2, -0.15) is 0 Å². The Balaban J connectivity index is 2.93. The van der Waals surface area contributed by atoms with Crippen LogP contribution < -0.4 is 11.1 Å². The van der Waals surface area contributed by atoms with E-state index in [2.05, 4.69) is 26.1 Å². The molecule has 18 heavy (non-hydrogen) atoms. The van der Waals surface area contributed by atoms with Gasteiger partial charge in [0.05, 0.1) is 0 Å². The molecule has 3 N–H and O–H groups in total. The van der Waals surface area contributed by atoms with Crippen LogP contribution in [0.2, 0.25) is 0 Å². The molecule has 0 saturated heterocycles. The lowest BCUT2D eigenvalue weighted by atomic mass is 9.83.